The van der Waals surface area contributed by atoms with Gasteiger partial charge in [-0.25, -0.2) is 9.98 Å². The van der Waals surface area contributed by atoms with E-state index in [4.69, 9.17) is 9.98 Å². The smallest absolute Gasteiger partial charge is 0.169 e. The van der Waals surface area contributed by atoms with Crippen LogP contribution in [0, 0.1) is 11.3 Å². The fourth-order valence-electron chi connectivity index (χ4n) is 7.77. The molecule has 1 aliphatic carbocycles. The van der Waals surface area contributed by atoms with E-state index in [1.807, 2.05) is 48.5 Å². The van der Waals surface area contributed by atoms with Gasteiger partial charge >= 0.3 is 0 Å². The summed E-state index contributed by atoms with van der Waals surface area (Å²) >= 11 is 0. The summed E-state index contributed by atoms with van der Waals surface area (Å²) in [6.45, 7) is 4.53. The Labute approximate surface area is 298 Å². The maximum Gasteiger partial charge on any atom is 0.169 e. The van der Waals surface area contributed by atoms with Gasteiger partial charge in [0.2, 0.25) is 0 Å². The van der Waals surface area contributed by atoms with Crippen LogP contribution in [0.3, 0.4) is 0 Å². The van der Waals surface area contributed by atoms with Crippen molar-refractivity contribution in [2.24, 2.45) is 9.98 Å². The van der Waals surface area contributed by atoms with E-state index >= 15 is 0 Å². The molecule has 1 N–H and O–H groups in total. The van der Waals surface area contributed by atoms with E-state index in [0.717, 1.165) is 50.6 Å². The molecule has 242 valence electrons. The third-order valence-corrected chi connectivity index (χ3v) is 10.4. The Morgan fingerprint density at radius 3 is 1.69 bits per heavy atom. The minimum absolute atomic E-state index is 0.197. The van der Waals surface area contributed by atoms with Crippen LogP contribution in [0.4, 0.5) is 0 Å². The molecule has 0 bridgehead atoms. The molecule has 0 amide bonds. The third kappa shape index (κ3) is 5.14. The van der Waals surface area contributed by atoms with E-state index in [1.165, 1.54) is 38.6 Å². The number of fused-ring (bicyclic) bond motifs is 4. The first-order chi connectivity index (χ1) is 25.0. The number of rotatable bonds is 5. The number of nitrogens with zero attached hydrogens (tertiary/aromatic N) is 3. The van der Waals surface area contributed by atoms with Crippen molar-refractivity contribution in [2.75, 3.05) is 0 Å². The van der Waals surface area contributed by atoms with Crippen molar-refractivity contribution in [1.29, 1.82) is 5.26 Å². The fourth-order valence-corrected chi connectivity index (χ4v) is 7.77. The van der Waals surface area contributed by atoms with Crippen LogP contribution in [-0.2, 0) is 5.41 Å². The largest absolute Gasteiger partial charge is 0.324 e. The number of amidine groups is 2. The zero-order chi connectivity index (χ0) is 34.5. The van der Waals surface area contributed by atoms with Crippen LogP contribution in [0.2, 0.25) is 0 Å². The lowest BCUT2D eigenvalue weighted by Crippen LogP contribution is -2.35. The summed E-state index contributed by atoms with van der Waals surface area (Å²) in [5.74, 6) is 1.62. The van der Waals surface area contributed by atoms with Crippen LogP contribution in [0.1, 0.15) is 53.4 Å². The van der Waals surface area contributed by atoms with Crippen molar-refractivity contribution in [2.45, 2.75) is 25.4 Å². The van der Waals surface area contributed by atoms with Crippen LogP contribution < -0.4 is 5.32 Å². The van der Waals surface area contributed by atoms with Crippen molar-refractivity contribution in [3.8, 4) is 39.4 Å². The average molecular weight is 655 g/mol. The second kappa shape index (κ2) is 12.1. The topological polar surface area (TPSA) is 60.5 Å². The molecule has 7 aromatic rings. The van der Waals surface area contributed by atoms with Crippen LogP contribution in [0.25, 0.3) is 44.2 Å². The minimum atomic E-state index is -0.371. The molecule has 0 aromatic heterocycles. The zero-order valence-electron chi connectivity index (χ0n) is 28.4. The lowest BCUT2D eigenvalue weighted by Gasteiger charge is -2.22. The lowest BCUT2D eigenvalue weighted by atomic mass is 9.81. The Bertz CT molecular complexity index is 2520. The van der Waals surface area contributed by atoms with Gasteiger partial charge in [-0.2, -0.15) is 5.26 Å². The van der Waals surface area contributed by atoms with Gasteiger partial charge in [0, 0.05) is 22.1 Å². The first-order valence-corrected chi connectivity index (χ1v) is 17.3. The standard InChI is InChI=1S/C47H34N4/c1-47(2)41-19-11-16-35(29-48)43(41)40-25-24-34(28-42(40)47)37-27-26-36(38-17-9-10-18-39(37)38)30-20-22-33(23-21-30)46-50-44(31-12-5-3-6-13-31)49-45(51-46)32-14-7-4-8-15-32/h3-28,46H,1-2H3,(H,49,50,51). The number of nitrogens with one attached hydrogen (secondary N) is 1. The van der Waals surface area contributed by atoms with Gasteiger partial charge in [0.05, 0.1) is 11.6 Å². The summed E-state index contributed by atoms with van der Waals surface area (Å²) in [7, 11) is 0. The number of benzene rings is 7. The predicted molar refractivity (Wildman–Crippen MR) is 209 cm³/mol. The normalized spacial score (nSPS) is 14.5. The molecule has 7 aromatic carbocycles. The summed E-state index contributed by atoms with van der Waals surface area (Å²) in [6, 6.07) is 57.6. The predicted octanol–water partition coefficient (Wildman–Crippen LogP) is 10.8. The second-order valence-electron chi connectivity index (χ2n) is 13.7. The Balaban J connectivity index is 1.09. The highest BCUT2D eigenvalue weighted by molar-refractivity contribution is 6.16. The van der Waals surface area contributed by atoms with Crippen molar-refractivity contribution >= 4 is 22.4 Å². The Hall–Kier alpha value is -6.57. The molecule has 4 heteroatoms. The van der Waals surface area contributed by atoms with Crippen molar-refractivity contribution < 1.29 is 0 Å². The first-order valence-electron chi connectivity index (χ1n) is 17.3. The first kappa shape index (κ1) is 30.5. The quantitative estimate of drug-likeness (QED) is 0.201. The fraction of sp³-hybridized carbons (Fsp3) is 0.0851. The number of hydrogen-bond donors (Lipinski definition) is 1. The highest BCUT2D eigenvalue weighted by Gasteiger charge is 2.37. The molecule has 1 heterocycles. The molecule has 1 aliphatic heterocycles. The van der Waals surface area contributed by atoms with Crippen LogP contribution in [0.5, 0.6) is 0 Å². The highest BCUT2D eigenvalue weighted by Crippen LogP contribution is 2.51. The molecule has 4 nitrogen and oxygen atoms in total. The molecule has 2 aliphatic rings. The Morgan fingerprint density at radius 1 is 0.529 bits per heavy atom. The van der Waals surface area contributed by atoms with E-state index in [9.17, 15) is 5.26 Å². The average Bonchev–Trinajstić information content (AvgIpc) is 3.43. The maximum absolute atomic E-state index is 9.89. The summed E-state index contributed by atoms with van der Waals surface area (Å²) in [5, 5.41) is 15.8. The SMILES string of the molecule is CC1(C)c2cc(-c3ccc(-c4ccc(C5N=C(c6ccccc6)NC(c6ccccc6)=N5)cc4)c4ccccc34)ccc2-c2c(C#N)cccc21. The van der Waals surface area contributed by atoms with Gasteiger partial charge in [-0.05, 0) is 67.4 Å². The molecule has 0 radical (unpaired) electrons. The van der Waals surface area contributed by atoms with E-state index in [2.05, 4.69) is 134 Å². The molecular formula is C47H34N4. The minimum Gasteiger partial charge on any atom is -0.324 e. The van der Waals surface area contributed by atoms with Gasteiger partial charge in [-0.15, -0.1) is 0 Å². The third-order valence-electron chi connectivity index (χ3n) is 10.4. The van der Waals surface area contributed by atoms with Crippen LogP contribution in [-0.4, -0.2) is 11.7 Å². The molecule has 51 heavy (non-hydrogen) atoms. The second-order valence-corrected chi connectivity index (χ2v) is 13.7. The summed E-state index contributed by atoms with van der Waals surface area (Å²) in [4.78, 5) is 10.1. The van der Waals surface area contributed by atoms with E-state index < -0.39 is 0 Å². The summed E-state index contributed by atoms with van der Waals surface area (Å²) in [5.41, 5.74) is 13.0. The number of aliphatic imine (C=N–C) groups is 2. The molecule has 9 rings (SSSR count). The van der Waals surface area contributed by atoms with E-state index in [0.29, 0.717) is 0 Å². The van der Waals surface area contributed by atoms with Gasteiger partial charge in [0.15, 0.2) is 6.17 Å². The maximum atomic E-state index is 9.89. The molecule has 0 fully saturated rings. The molecule has 0 saturated carbocycles. The number of hydrogen-bond acceptors (Lipinski definition) is 4. The van der Waals surface area contributed by atoms with E-state index in [1.54, 1.807) is 0 Å². The van der Waals surface area contributed by atoms with Crippen LogP contribution in [0.15, 0.2) is 168 Å². The van der Waals surface area contributed by atoms with Crippen molar-refractivity contribution in [1.82, 2.24) is 5.32 Å². The lowest BCUT2D eigenvalue weighted by molar-refractivity contribution is 0.660. The van der Waals surface area contributed by atoms with Crippen molar-refractivity contribution in [3.05, 3.63) is 191 Å². The summed E-state index contributed by atoms with van der Waals surface area (Å²) in [6.07, 6.45) is -0.371. The monoisotopic (exact) mass is 654 g/mol. The van der Waals surface area contributed by atoms with Crippen LogP contribution >= 0.6 is 0 Å². The Morgan fingerprint density at radius 2 is 1.08 bits per heavy atom. The number of nitriles is 1. The van der Waals surface area contributed by atoms with Gasteiger partial charge in [0.25, 0.3) is 0 Å². The summed E-state index contributed by atoms with van der Waals surface area (Å²) < 4.78 is 0. The van der Waals surface area contributed by atoms with Gasteiger partial charge < -0.3 is 5.32 Å². The molecule has 0 saturated heterocycles. The zero-order valence-corrected chi connectivity index (χ0v) is 28.4. The van der Waals surface area contributed by atoms with Crippen molar-refractivity contribution in [3.63, 3.8) is 0 Å². The van der Waals surface area contributed by atoms with Gasteiger partial charge in [0.1, 0.15) is 11.7 Å². The molecule has 0 spiro atoms. The highest BCUT2D eigenvalue weighted by atomic mass is 15.2. The molecule has 0 atom stereocenters. The molecular weight excluding hydrogens is 621 g/mol. The van der Waals surface area contributed by atoms with Gasteiger partial charge in [-0.3, -0.25) is 0 Å². The Kier molecular flexibility index (Phi) is 7.22. The van der Waals surface area contributed by atoms with E-state index in [-0.39, 0.29) is 11.6 Å². The molecule has 0 unspecified atom stereocenters. The van der Waals surface area contributed by atoms with Gasteiger partial charge in [-0.1, -0.05) is 159 Å².